The second-order valence-electron chi connectivity index (χ2n) is 2.87. The number of nitrogen functional groups attached to an aromatic ring is 1. The standard InChI is InChI=1S/C8H8FN5O2/c9-3-14-4-11-5-6(14)12-8(10)13-7(5)16-2-1-15/h1,4H,2-3H2,(H2,10,12,13). The predicted octanol–water partition coefficient (Wildman–Crippen LogP) is -0.0868. The van der Waals surface area contributed by atoms with Crippen molar-refractivity contribution in [1.82, 2.24) is 19.5 Å². The summed E-state index contributed by atoms with van der Waals surface area (Å²) in [6.07, 6.45) is 1.82. The maximum absolute atomic E-state index is 12.5. The summed E-state index contributed by atoms with van der Waals surface area (Å²) >= 11 is 0. The summed E-state index contributed by atoms with van der Waals surface area (Å²) < 4.78 is 18.7. The van der Waals surface area contributed by atoms with Gasteiger partial charge >= 0.3 is 0 Å². The molecule has 0 spiro atoms. The lowest BCUT2D eigenvalue weighted by Crippen LogP contribution is -2.05. The molecule has 8 heteroatoms. The number of carbonyl (C=O) groups excluding carboxylic acids is 1. The van der Waals surface area contributed by atoms with E-state index in [1.807, 2.05) is 0 Å². The van der Waals surface area contributed by atoms with E-state index in [2.05, 4.69) is 15.0 Å². The average Bonchev–Trinajstić information content (AvgIpc) is 2.68. The number of nitrogens with two attached hydrogens (primary N) is 1. The van der Waals surface area contributed by atoms with Crippen LogP contribution < -0.4 is 10.5 Å². The molecule has 7 nitrogen and oxygen atoms in total. The number of imidazole rings is 1. The van der Waals surface area contributed by atoms with Crippen molar-refractivity contribution in [2.75, 3.05) is 12.3 Å². The van der Waals surface area contributed by atoms with Gasteiger partial charge in [-0.25, -0.2) is 9.37 Å². The third-order valence-corrected chi connectivity index (χ3v) is 1.87. The molecule has 0 radical (unpaired) electrons. The number of halogens is 1. The number of fused-ring (bicyclic) bond motifs is 1. The summed E-state index contributed by atoms with van der Waals surface area (Å²) in [6.45, 7) is -0.950. The zero-order chi connectivity index (χ0) is 11.5. The van der Waals surface area contributed by atoms with Crippen LogP contribution >= 0.6 is 0 Å². The summed E-state index contributed by atoms with van der Waals surface area (Å²) in [5.41, 5.74) is 5.93. The van der Waals surface area contributed by atoms with Gasteiger partial charge in [0, 0.05) is 0 Å². The molecule has 0 fully saturated rings. The van der Waals surface area contributed by atoms with Crippen LogP contribution in [0.15, 0.2) is 6.33 Å². The lowest BCUT2D eigenvalue weighted by molar-refractivity contribution is -0.109. The first-order valence-corrected chi connectivity index (χ1v) is 4.37. The van der Waals surface area contributed by atoms with Gasteiger partial charge in [0.15, 0.2) is 24.2 Å². The average molecular weight is 225 g/mol. The fraction of sp³-hybridized carbons (Fsp3) is 0.250. The molecule has 2 aromatic heterocycles. The number of anilines is 1. The van der Waals surface area contributed by atoms with Crippen LogP contribution in [0, 0.1) is 0 Å². The molecule has 2 rings (SSSR count). The lowest BCUT2D eigenvalue weighted by Gasteiger charge is -2.03. The molecule has 0 atom stereocenters. The second-order valence-corrected chi connectivity index (χ2v) is 2.87. The Labute approximate surface area is 89.1 Å². The Morgan fingerprint density at radius 2 is 2.38 bits per heavy atom. The van der Waals surface area contributed by atoms with Crippen LogP contribution in [0.2, 0.25) is 0 Å². The van der Waals surface area contributed by atoms with Gasteiger partial charge in [0.1, 0.15) is 6.61 Å². The topological polar surface area (TPSA) is 95.9 Å². The first kappa shape index (κ1) is 10.3. The SMILES string of the molecule is Nc1nc(OCC=O)c2ncn(CF)c2n1. The summed E-state index contributed by atoms with van der Waals surface area (Å²) in [5.74, 6) is 0.00500. The van der Waals surface area contributed by atoms with Gasteiger partial charge in [0.05, 0.1) is 6.33 Å². The van der Waals surface area contributed by atoms with E-state index in [0.717, 1.165) is 4.57 Å². The minimum Gasteiger partial charge on any atom is -0.468 e. The third-order valence-electron chi connectivity index (χ3n) is 1.87. The van der Waals surface area contributed by atoms with Crippen molar-refractivity contribution in [3.8, 4) is 5.88 Å². The number of carbonyl (C=O) groups is 1. The van der Waals surface area contributed by atoms with E-state index >= 15 is 0 Å². The summed E-state index contributed by atoms with van der Waals surface area (Å²) in [4.78, 5) is 21.7. The van der Waals surface area contributed by atoms with Gasteiger partial charge in [-0.15, -0.1) is 0 Å². The van der Waals surface area contributed by atoms with Crippen molar-refractivity contribution < 1.29 is 13.9 Å². The Morgan fingerprint density at radius 1 is 1.56 bits per heavy atom. The van der Waals surface area contributed by atoms with E-state index in [-0.39, 0.29) is 29.6 Å². The molecule has 0 amide bonds. The molecule has 0 bridgehead atoms. The van der Waals surface area contributed by atoms with Crippen LogP contribution in [0.4, 0.5) is 10.3 Å². The van der Waals surface area contributed by atoms with Gasteiger partial charge in [-0.05, 0) is 0 Å². The zero-order valence-corrected chi connectivity index (χ0v) is 8.13. The van der Waals surface area contributed by atoms with Gasteiger partial charge in [0.2, 0.25) is 11.8 Å². The lowest BCUT2D eigenvalue weighted by atomic mass is 10.5. The maximum atomic E-state index is 12.5. The van der Waals surface area contributed by atoms with Crippen molar-refractivity contribution >= 4 is 23.4 Å². The van der Waals surface area contributed by atoms with Crippen LogP contribution in [0.3, 0.4) is 0 Å². The van der Waals surface area contributed by atoms with E-state index in [1.54, 1.807) is 0 Å². The molecule has 2 N–H and O–H groups in total. The molecule has 0 unspecified atom stereocenters. The summed E-state index contributed by atoms with van der Waals surface area (Å²) in [5, 5.41) is 0. The normalized spacial score (nSPS) is 10.6. The Balaban J connectivity index is 2.55. The van der Waals surface area contributed by atoms with Crippen LogP contribution in [0.25, 0.3) is 11.2 Å². The highest BCUT2D eigenvalue weighted by Gasteiger charge is 2.12. The molecule has 2 heterocycles. The van der Waals surface area contributed by atoms with Crippen LogP contribution in [0.1, 0.15) is 0 Å². The van der Waals surface area contributed by atoms with Crippen molar-refractivity contribution in [3.63, 3.8) is 0 Å². The van der Waals surface area contributed by atoms with E-state index < -0.39 is 6.80 Å². The predicted molar refractivity (Wildman–Crippen MR) is 52.4 cm³/mol. The Hall–Kier alpha value is -2.25. The number of aldehydes is 1. The van der Waals surface area contributed by atoms with Gasteiger partial charge in [0.25, 0.3) is 0 Å². The molecular weight excluding hydrogens is 217 g/mol. The molecule has 16 heavy (non-hydrogen) atoms. The van der Waals surface area contributed by atoms with Gasteiger partial charge in [-0.2, -0.15) is 9.97 Å². The van der Waals surface area contributed by atoms with Crippen molar-refractivity contribution in [3.05, 3.63) is 6.33 Å². The highest BCUT2D eigenvalue weighted by molar-refractivity contribution is 5.77. The quantitative estimate of drug-likeness (QED) is 0.730. The first-order chi connectivity index (χ1) is 7.76. The van der Waals surface area contributed by atoms with Crippen LogP contribution in [-0.2, 0) is 11.6 Å². The molecule has 84 valence electrons. The van der Waals surface area contributed by atoms with Gasteiger partial charge < -0.3 is 10.5 Å². The molecule has 0 aliphatic carbocycles. The summed E-state index contributed by atoms with van der Waals surface area (Å²) in [6, 6.07) is 0. The van der Waals surface area contributed by atoms with Crippen molar-refractivity contribution in [2.45, 2.75) is 6.80 Å². The Morgan fingerprint density at radius 3 is 3.06 bits per heavy atom. The smallest absolute Gasteiger partial charge is 0.247 e. The van der Waals surface area contributed by atoms with Crippen molar-refractivity contribution in [2.24, 2.45) is 0 Å². The van der Waals surface area contributed by atoms with E-state index in [9.17, 15) is 9.18 Å². The minimum atomic E-state index is -0.778. The molecule has 0 saturated carbocycles. The highest BCUT2D eigenvalue weighted by Crippen LogP contribution is 2.21. The molecule has 2 aromatic rings. The largest absolute Gasteiger partial charge is 0.468 e. The fourth-order valence-corrected chi connectivity index (χ4v) is 1.24. The fourth-order valence-electron chi connectivity index (χ4n) is 1.24. The monoisotopic (exact) mass is 225 g/mol. The van der Waals surface area contributed by atoms with Gasteiger partial charge in [-0.1, -0.05) is 0 Å². The van der Waals surface area contributed by atoms with E-state index in [1.165, 1.54) is 6.33 Å². The number of hydrogen-bond acceptors (Lipinski definition) is 6. The third kappa shape index (κ3) is 1.64. The molecule has 0 aliphatic heterocycles. The Kier molecular flexibility index (Phi) is 2.63. The number of ether oxygens (including phenoxy) is 1. The molecular formula is C8H8FN5O2. The number of rotatable bonds is 4. The van der Waals surface area contributed by atoms with Gasteiger partial charge in [-0.3, -0.25) is 9.36 Å². The van der Waals surface area contributed by atoms with Crippen molar-refractivity contribution in [1.29, 1.82) is 0 Å². The Bertz CT molecular complexity index is 526. The first-order valence-electron chi connectivity index (χ1n) is 4.37. The number of nitrogens with zero attached hydrogens (tertiary/aromatic N) is 4. The minimum absolute atomic E-state index is 0.0661. The highest BCUT2D eigenvalue weighted by atomic mass is 19.1. The van der Waals surface area contributed by atoms with Crippen LogP contribution in [0.5, 0.6) is 5.88 Å². The molecule has 0 aliphatic rings. The van der Waals surface area contributed by atoms with E-state index in [0.29, 0.717) is 6.29 Å². The summed E-state index contributed by atoms with van der Waals surface area (Å²) in [7, 11) is 0. The molecule has 0 saturated heterocycles. The number of hydrogen-bond donors (Lipinski definition) is 1. The maximum Gasteiger partial charge on any atom is 0.247 e. The number of alkyl halides is 1. The van der Waals surface area contributed by atoms with Crippen LogP contribution in [-0.4, -0.2) is 32.4 Å². The molecule has 0 aromatic carbocycles. The second kappa shape index (κ2) is 4.09. The van der Waals surface area contributed by atoms with E-state index in [4.69, 9.17) is 10.5 Å². The number of aromatic nitrogens is 4. The zero-order valence-electron chi connectivity index (χ0n) is 8.13.